The first-order valence-electron chi connectivity index (χ1n) is 20.1. The summed E-state index contributed by atoms with van der Waals surface area (Å²) < 4.78 is 0. The van der Waals surface area contributed by atoms with Gasteiger partial charge in [0.05, 0.1) is 11.0 Å². The molecule has 0 N–H and O–H groups in total. The van der Waals surface area contributed by atoms with E-state index in [0.29, 0.717) is 17.5 Å². The van der Waals surface area contributed by atoms with Crippen LogP contribution in [-0.4, -0.2) is 24.9 Å². The van der Waals surface area contributed by atoms with E-state index in [-0.39, 0.29) is 0 Å². The first kappa shape index (κ1) is 33.9. The van der Waals surface area contributed by atoms with Crippen molar-refractivity contribution in [3.63, 3.8) is 0 Å². The number of nitrogens with zero attached hydrogens (tertiary/aromatic N) is 5. The minimum absolute atomic E-state index is 0.590. The molecule has 0 bridgehead atoms. The molecule has 5 heteroatoms. The van der Waals surface area contributed by atoms with E-state index in [1.54, 1.807) is 0 Å². The minimum atomic E-state index is 0.590. The Labute approximate surface area is 345 Å². The quantitative estimate of drug-likeness (QED) is 0.163. The average molecular weight is 764 g/mol. The molecule has 0 atom stereocenters. The van der Waals surface area contributed by atoms with Crippen molar-refractivity contribution < 1.29 is 0 Å². The third-order valence-electron chi connectivity index (χ3n) is 11.7. The molecule has 0 amide bonds. The van der Waals surface area contributed by atoms with Crippen LogP contribution in [0.1, 0.15) is 0 Å². The van der Waals surface area contributed by atoms with Gasteiger partial charge in [0.15, 0.2) is 17.5 Å². The molecule has 0 aliphatic heterocycles. The van der Waals surface area contributed by atoms with Crippen LogP contribution in [0.2, 0.25) is 0 Å². The van der Waals surface area contributed by atoms with E-state index in [4.69, 9.17) is 15.0 Å². The lowest BCUT2D eigenvalue weighted by molar-refractivity contribution is 1.07. The SMILES string of the molecule is c1ccc2cc3c(-c4cc(-c5nc(-c6ccc7ncccc7c6)nc(-c6ccc7ncccc7c6)n5)cc(-c5cccc6cc7ccccc7cc56)c4)cccc3cc2c1. The van der Waals surface area contributed by atoms with Gasteiger partial charge in [-0.2, -0.15) is 0 Å². The second-order valence-electron chi connectivity index (χ2n) is 15.4. The van der Waals surface area contributed by atoms with Crippen LogP contribution in [0.4, 0.5) is 0 Å². The van der Waals surface area contributed by atoms with Crippen molar-refractivity contribution in [2.75, 3.05) is 0 Å². The molecule has 0 saturated carbocycles. The number of fused-ring (bicyclic) bond motifs is 6. The Morgan fingerprint density at radius 2 is 0.650 bits per heavy atom. The third-order valence-corrected chi connectivity index (χ3v) is 11.7. The topological polar surface area (TPSA) is 64.5 Å². The Balaban J connectivity index is 1.13. The zero-order valence-corrected chi connectivity index (χ0v) is 32.3. The minimum Gasteiger partial charge on any atom is -0.256 e. The van der Waals surface area contributed by atoms with Gasteiger partial charge in [0.2, 0.25) is 0 Å². The highest BCUT2D eigenvalue weighted by molar-refractivity contribution is 6.08. The van der Waals surface area contributed by atoms with E-state index in [2.05, 4.69) is 162 Å². The van der Waals surface area contributed by atoms with Crippen molar-refractivity contribution >= 4 is 64.9 Å². The monoisotopic (exact) mass is 763 g/mol. The standard InChI is InChI=1S/C55H33N5/c1-3-11-36-32-49-38(25-34(36)9-1)13-5-17-47(49)44-29-45(48-18-6-14-39-26-35-10-2-4-12-37(35)33-50(39)48)31-46(30-44)55-59-53(42-19-21-51-40(27-42)15-7-23-56-51)58-54(60-55)43-20-22-52-41(28-43)16-8-24-57-52/h1-33H. The lowest BCUT2D eigenvalue weighted by Crippen LogP contribution is -2.01. The zero-order chi connectivity index (χ0) is 39.6. The molecule has 0 aliphatic rings. The summed E-state index contributed by atoms with van der Waals surface area (Å²) >= 11 is 0. The third kappa shape index (κ3) is 5.91. The van der Waals surface area contributed by atoms with E-state index in [1.165, 1.54) is 43.1 Å². The fourth-order valence-electron chi connectivity index (χ4n) is 8.70. The van der Waals surface area contributed by atoms with Crippen LogP contribution < -0.4 is 0 Å². The van der Waals surface area contributed by atoms with Gasteiger partial charge < -0.3 is 0 Å². The Hall–Kier alpha value is -8.15. The molecule has 60 heavy (non-hydrogen) atoms. The highest BCUT2D eigenvalue weighted by Gasteiger charge is 2.18. The number of hydrogen-bond acceptors (Lipinski definition) is 5. The van der Waals surface area contributed by atoms with E-state index in [1.807, 2.05) is 48.8 Å². The smallest absolute Gasteiger partial charge is 0.164 e. The van der Waals surface area contributed by atoms with E-state index in [0.717, 1.165) is 60.8 Å². The van der Waals surface area contributed by atoms with Crippen molar-refractivity contribution in [2.45, 2.75) is 0 Å². The van der Waals surface area contributed by atoms with Crippen molar-refractivity contribution in [1.29, 1.82) is 0 Å². The maximum absolute atomic E-state index is 5.29. The maximum Gasteiger partial charge on any atom is 0.164 e. The Morgan fingerprint density at radius 3 is 1.13 bits per heavy atom. The predicted octanol–water partition coefficient (Wildman–Crippen LogP) is 13.9. The molecule has 12 rings (SSSR count). The molecule has 12 aromatic rings. The summed E-state index contributed by atoms with van der Waals surface area (Å²) in [7, 11) is 0. The maximum atomic E-state index is 5.29. The number of rotatable bonds is 5. The van der Waals surface area contributed by atoms with Crippen LogP contribution in [0, 0.1) is 0 Å². The molecule has 0 fully saturated rings. The first-order valence-corrected chi connectivity index (χ1v) is 20.1. The second kappa shape index (κ2) is 13.8. The van der Waals surface area contributed by atoms with E-state index < -0.39 is 0 Å². The number of benzene rings is 9. The molecule has 0 unspecified atom stereocenters. The molecule has 0 aliphatic carbocycles. The fourth-order valence-corrected chi connectivity index (χ4v) is 8.70. The second-order valence-corrected chi connectivity index (χ2v) is 15.4. The van der Waals surface area contributed by atoms with Crippen molar-refractivity contribution in [3.05, 3.63) is 200 Å². The number of hydrogen-bond donors (Lipinski definition) is 0. The zero-order valence-electron chi connectivity index (χ0n) is 32.3. The van der Waals surface area contributed by atoms with Crippen LogP contribution in [0.5, 0.6) is 0 Å². The Bertz CT molecular complexity index is 3450. The van der Waals surface area contributed by atoms with E-state index >= 15 is 0 Å². The van der Waals surface area contributed by atoms with Gasteiger partial charge >= 0.3 is 0 Å². The Morgan fingerprint density at radius 1 is 0.250 bits per heavy atom. The summed E-state index contributed by atoms with van der Waals surface area (Å²) in [6.45, 7) is 0. The molecular formula is C55H33N5. The molecule has 278 valence electrons. The largest absolute Gasteiger partial charge is 0.256 e. The summed E-state index contributed by atoms with van der Waals surface area (Å²) in [5.41, 5.74) is 8.96. The summed E-state index contributed by atoms with van der Waals surface area (Å²) in [6.07, 6.45) is 3.63. The van der Waals surface area contributed by atoms with Gasteiger partial charge in [-0.15, -0.1) is 0 Å². The molecule has 3 heterocycles. The molecule has 0 radical (unpaired) electrons. The highest BCUT2D eigenvalue weighted by Crippen LogP contribution is 2.40. The van der Waals surface area contributed by atoms with Gasteiger partial charge in [-0.1, -0.05) is 97.1 Å². The average Bonchev–Trinajstić information content (AvgIpc) is 3.31. The van der Waals surface area contributed by atoms with Crippen LogP contribution >= 0.6 is 0 Å². The van der Waals surface area contributed by atoms with Gasteiger partial charge in [-0.05, 0) is 156 Å². The molecule has 9 aromatic carbocycles. The first-order chi connectivity index (χ1) is 29.7. The molecular weight excluding hydrogens is 731 g/mol. The summed E-state index contributed by atoms with van der Waals surface area (Å²) in [6, 6.07) is 66.8. The lowest BCUT2D eigenvalue weighted by Gasteiger charge is -2.15. The van der Waals surface area contributed by atoms with Gasteiger partial charge in [-0.25, -0.2) is 15.0 Å². The summed E-state index contributed by atoms with van der Waals surface area (Å²) in [4.78, 5) is 24.9. The van der Waals surface area contributed by atoms with Gasteiger partial charge in [0.25, 0.3) is 0 Å². The molecule has 0 saturated heterocycles. The highest BCUT2D eigenvalue weighted by atomic mass is 15.0. The number of pyridine rings is 2. The van der Waals surface area contributed by atoms with Crippen molar-refractivity contribution in [1.82, 2.24) is 24.9 Å². The summed E-state index contributed by atoms with van der Waals surface area (Å²) in [5, 5.41) is 11.7. The van der Waals surface area contributed by atoms with Crippen LogP contribution in [0.15, 0.2) is 200 Å². The van der Waals surface area contributed by atoms with Gasteiger partial charge in [-0.3, -0.25) is 9.97 Å². The van der Waals surface area contributed by atoms with Crippen molar-refractivity contribution in [3.8, 4) is 56.4 Å². The Kier molecular flexibility index (Phi) is 7.78. The van der Waals surface area contributed by atoms with Crippen LogP contribution in [0.25, 0.3) is 121 Å². The normalized spacial score (nSPS) is 11.7. The summed E-state index contributed by atoms with van der Waals surface area (Å²) in [5.74, 6) is 1.77. The predicted molar refractivity (Wildman–Crippen MR) is 248 cm³/mol. The molecule has 5 nitrogen and oxygen atoms in total. The van der Waals surface area contributed by atoms with Crippen molar-refractivity contribution in [2.24, 2.45) is 0 Å². The van der Waals surface area contributed by atoms with E-state index in [9.17, 15) is 0 Å². The molecule has 0 spiro atoms. The van der Waals surface area contributed by atoms with Gasteiger partial charge in [0, 0.05) is 39.9 Å². The fraction of sp³-hybridized carbons (Fsp3) is 0. The van der Waals surface area contributed by atoms with Crippen LogP contribution in [0.3, 0.4) is 0 Å². The molecule has 3 aromatic heterocycles. The van der Waals surface area contributed by atoms with Crippen LogP contribution in [-0.2, 0) is 0 Å². The number of aromatic nitrogens is 5. The lowest BCUT2D eigenvalue weighted by atomic mass is 9.90. The van der Waals surface area contributed by atoms with Gasteiger partial charge in [0.1, 0.15) is 0 Å².